The topological polar surface area (TPSA) is 88.2 Å². The highest BCUT2D eigenvalue weighted by Crippen LogP contribution is 2.20. The molecule has 1 unspecified atom stereocenters. The fourth-order valence-corrected chi connectivity index (χ4v) is 2.57. The van der Waals surface area contributed by atoms with Gasteiger partial charge in [0.05, 0.1) is 11.8 Å². The molecule has 1 aromatic heterocycles. The third-order valence-electron chi connectivity index (χ3n) is 3.21. The number of nitrogens with one attached hydrogen (secondary N) is 2. The lowest BCUT2D eigenvalue weighted by Crippen LogP contribution is -2.40. The molecule has 122 valence electrons. The minimum atomic E-state index is -3.10. The first-order chi connectivity index (χ1) is 11.0. The lowest BCUT2D eigenvalue weighted by Gasteiger charge is -2.20. The van der Waals surface area contributed by atoms with E-state index in [1.54, 1.807) is 12.4 Å². The fraction of sp³-hybridized carbons (Fsp3) is 0.250. The van der Waals surface area contributed by atoms with Gasteiger partial charge in [0.15, 0.2) is 0 Å². The van der Waals surface area contributed by atoms with Gasteiger partial charge in [0.25, 0.3) is 0 Å². The Hall–Kier alpha value is -2.41. The summed E-state index contributed by atoms with van der Waals surface area (Å²) >= 11 is 0. The number of hydrogen-bond acceptors (Lipinski definition) is 4. The van der Waals surface area contributed by atoms with Crippen LogP contribution in [0.15, 0.2) is 54.9 Å². The van der Waals surface area contributed by atoms with Crippen molar-refractivity contribution < 1.29 is 13.2 Å². The molecule has 0 fully saturated rings. The van der Waals surface area contributed by atoms with Gasteiger partial charge in [0.1, 0.15) is 9.84 Å². The summed E-state index contributed by atoms with van der Waals surface area (Å²) in [6, 6.07) is 12.4. The van der Waals surface area contributed by atoms with Crippen molar-refractivity contribution in [1.29, 1.82) is 0 Å². The Morgan fingerprint density at radius 2 is 1.70 bits per heavy atom. The van der Waals surface area contributed by atoms with E-state index in [1.807, 2.05) is 42.5 Å². The Bertz CT molecular complexity index is 694. The molecule has 2 aromatic rings. The summed E-state index contributed by atoms with van der Waals surface area (Å²) in [7, 11) is -3.10. The second-order valence-corrected chi connectivity index (χ2v) is 7.41. The van der Waals surface area contributed by atoms with Crippen molar-refractivity contribution in [2.45, 2.75) is 6.04 Å². The number of hydrogen-bond donors (Lipinski definition) is 2. The van der Waals surface area contributed by atoms with Gasteiger partial charge in [-0.15, -0.1) is 0 Å². The summed E-state index contributed by atoms with van der Waals surface area (Å²) in [6.45, 7) is 0.0719. The van der Waals surface area contributed by atoms with Crippen LogP contribution in [-0.2, 0) is 9.84 Å². The van der Waals surface area contributed by atoms with E-state index in [2.05, 4.69) is 15.6 Å². The normalized spacial score (nSPS) is 12.4. The first kappa shape index (κ1) is 17.0. The predicted octanol–water partition coefficient (Wildman–Crippen LogP) is 1.51. The predicted molar refractivity (Wildman–Crippen MR) is 88.8 cm³/mol. The molecule has 7 heteroatoms. The van der Waals surface area contributed by atoms with Gasteiger partial charge in [-0.05, 0) is 23.3 Å². The molecule has 0 bridgehead atoms. The van der Waals surface area contributed by atoms with Crippen molar-refractivity contribution in [2.24, 2.45) is 0 Å². The van der Waals surface area contributed by atoms with Gasteiger partial charge in [-0.25, -0.2) is 13.2 Å². The van der Waals surface area contributed by atoms with Gasteiger partial charge in [-0.2, -0.15) is 0 Å². The molecule has 0 spiro atoms. The second kappa shape index (κ2) is 7.73. The van der Waals surface area contributed by atoms with Crippen LogP contribution >= 0.6 is 0 Å². The number of amides is 2. The van der Waals surface area contributed by atoms with E-state index in [9.17, 15) is 13.2 Å². The molecule has 0 aliphatic heterocycles. The first-order valence-corrected chi connectivity index (χ1v) is 9.19. The van der Waals surface area contributed by atoms with Crippen LogP contribution < -0.4 is 10.6 Å². The number of nitrogens with zero attached hydrogens (tertiary/aromatic N) is 1. The quantitative estimate of drug-likeness (QED) is 0.839. The Labute approximate surface area is 135 Å². The van der Waals surface area contributed by atoms with Crippen LogP contribution in [0.1, 0.15) is 17.2 Å². The molecule has 1 atom stereocenters. The molecule has 0 saturated heterocycles. The summed E-state index contributed by atoms with van der Waals surface area (Å²) in [5, 5.41) is 5.43. The zero-order valence-corrected chi connectivity index (χ0v) is 13.6. The van der Waals surface area contributed by atoms with E-state index in [1.165, 1.54) is 0 Å². The molecule has 1 aromatic carbocycles. The van der Waals surface area contributed by atoms with Crippen LogP contribution in [0.2, 0.25) is 0 Å². The highest BCUT2D eigenvalue weighted by atomic mass is 32.2. The van der Waals surface area contributed by atoms with Gasteiger partial charge in [0.2, 0.25) is 0 Å². The number of sulfone groups is 1. The molecule has 2 N–H and O–H groups in total. The molecular weight excluding hydrogens is 314 g/mol. The lowest BCUT2D eigenvalue weighted by atomic mass is 10.00. The second-order valence-electron chi connectivity index (χ2n) is 5.15. The third kappa shape index (κ3) is 5.71. The van der Waals surface area contributed by atoms with E-state index in [0.29, 0.717) is 0 Å². The third-order valence-corrected chi connectivity index (χ3v) is 4.15. The highest BCUT2D eigenvalue weighted by molar-refractivity contribution is 7.90. The molecular formula is C16H19N3O3S. The summed E-state index contributed by atoms with van der Waals surface area (Å²) in [5.74, 6) is -0.0916. The standard InChI is InChI=1S/C16H19N3O3S/c1-23(21,22)12-11-18-16(20)19-15(13-5-3-2-4-6-13)14-7-9-17-10-8-14/h2-10,15H,11-12H2,1H3,(H2,18,19,20). The first-order valence-electron chi connectivity index (χ1n) is 7.13. The zero-order valence-electron chi connectivity index (χ0n) is 12.8. The van der Waals surface area contributed by atoms with Crippen LogP contribution in [-0.4, -0.2) is 38.0 Å². The maximum absolute atomic E-state index is 12.1. The zero-order chi connectivity index (χ0) is 16.7. The molecule has 0 aliphatic carbocycles. The number of rotatable bonds is 6. The summed E-state index contributed by atoms with van der Waals surface area (Å²) in [6.07, 6.45) is 4.46. The average molecular weight is 333 g/mol. The largest absolute Gasteiger partial charge is 0.337 e. The number of benzene rings is 1. The minimum absolute atomic E-state index is 0.0719. The number of pyridine rings is 1. The van der Waals surface area contributed by atoms with Gasteiger partial charge in [-0.3, -0.25) is 4.98 Å². The maximum atomic E-state index is 12.1. The van der Waals surface area contributed by atoms with Crippen LogP contribution in [0, 0.1) is 0 Å². The minimum Gasteiger partial charge on any atom is -0.337 e. The van der Waals surface area contributed by atoms with Crippen LogP contribution in [0.4, 0.5) is 4.79 Å². The number of carbonyl (C=O) groups is 1. The van der Waals surface area contributed by atoms with E-state index < -0.39 is 15.9 Å². The Kier molecular flexibility index (Phi) is 5.70. The van der Waals surface area contributed by atoms with E-state index in [0.717, 1.165) is 17.4 Å². The van der Waals surface area contributed by atoms with Crippen molar-refractivity contribution in [2.75, 3.05) is 18.6 Å². The molecule has 0 radical (unpaired) electrons. The lowest BCUT2D eigenvalue weighted by molar-refractivity contribution is 0.239. The molecule has 23 heavy (non-hydrogen) atoms. The molecule has 0 saturated carbocycles. The number of aromatic nitrogens is 1. The van der Waals surface area contributed by atoms with Crippen molar-refractivity contribution in [3.05, 3.63) is 66.0 Å². The Morgan fingerprint density at radius 1 is 1.09 bits per heavy atom. The SMILES string of the molecule is CS(=O)(=O)CCNC(=O)NC(c1ccccc1)c1ccncc1. The number of urea groups is 1. The smallest absolute Gasteiger partial charge is 0.315 e. The van der Waals surface area contributed by atoms with Crippen molar-refractivity contribution in [3.63, 3.8) is 0 Å². The van der Waals surface area contributed by atoms with E-state index >= 15 is 0 Å². The molecule has 0 aliphatic rings. The highest BCUT2D eigenvalue weighted by Gasteiger charge is 2.16. The summed E-state index contributed by atoms with van der Waals surface area (Å²) < 4.78 is 22.2. The Morgan fingerprint density at radius 3 is 2.30 bits per heavy atom. The van der Waals surface area contributed by atoms with Gasteiger partial charge < -0.3 is 10.6 Å². The van der Waals surface area contributed by atoms with Crippen LogP contribution in [0.3, 0.4) is 0 Å². The van der Waals surface area contributed by atoms with Crippen molar-refractivity contribution in [3.8, 4) is 0 Å². The molecule has 1 heterocycles. The van der Waals surface area contributed by atoms with Gasteiger partial charge in [-0.1, -0.05) is 30.3 Å². The summed E-state index contributed by atoms with van der Waals surface area (Å²) in [4.78, 5) is 16.0. The van der Waals surface area contributed by atoms with Crippen molar-refractivity contribution >= 4 is 15.9 Å². The fourth-order valence-electron chi connectivity index (χ4n) is 2.09. The molecule has 6 nitrogen and oxygen atoms in total. The average Bonchev–Trinajstić information content (AvgIpc) is 2.53. The van der Waals surface area contributed by atoms with Crippen molar-refractivity contribution in [1.82, 2.24) is 15.6 Å². The maximum Gasteiger partial charge on any atom is 0.315 e. The summed E-state index contributed by atoms with van der Waals surface area (Å²) in [5.41, 5.74) is 1.82. The monoisotopic (exact) mass is 333 g/mol. The Balaban J connectivity index is 2.08. The van der Waals surface area contributed by atoms with E-state index in [4.69, 9.17) is 0 Å². The molecule has 2 rings (SSSR count). The molecule has 2 amide bonds. The van der Waals surface area contributed by atoms with Crippen LogP contribution in [0.5, 0.6) is 0 Å². The van der Waals surface area contributed by atoms with Gasteiger partial charge in [0, 0.05) is 25.2 Å². The number of carbonyl (C=O) groups excluding carboxylic acids is 1. The van der Waals surface area contributed by atoms with Gasteiger partial charge >= 0.3 is 6.03 Å². The van der Waals surface area contributed by atoms with E-state index in [-0.39, 0.29) is 18.3 Å². The van der Waals surface area contributed by atoms with Crippen LogP contribution in [0.25, 0.3) is 0 Å².